The van der Waals surface area contributed by atoms with Gasteiger partial charge in [-0.25, -0.2) is 4.98 Å². The number of benzene rings is 2. The van der Waals surface area contributed by atoms with Crippen LogP contribution in [0.5, 0.6) is 11.5 Å². The molecular weight excluding hydrogens is 336 g/mol. The Labute approximate surface area is 152 Å². The number of aliphatic hydroxyl groups excluding tert-OH is 1. The number of aliphatic hydroxyl groups is 1. The lowest BCUT2D eigenvalue weighted by atomic mass is 9.94. The Kier molecular flexibility index (Phi) is 5.74. The van der Waals surface area contributed by atoms with E-state index in [1.807, 2.05) is 47.2 Å². The molecule has 0 radical (unpaired) electrons. The molecule has 1 aromatic heterocycles. The molecule has 3 aromatic rings. The third-order valence-electron chi connectivity index (χ3n) is 4.21. The van der Waals surface area contributed by atoms with Gasteiger partial charge >= 0.3 is 0 Å². The van der Waals surface area contributed by atoms with Gasteiger partial charge < -0.3 is 14.4 Å². The van der Waals surface area contributed by atoms with Crippen molar-refractivity contribution in [2.24, 2.45) is 5.92 Å². The molecule has 0 bridgehead atoms. The van der Waals surface area contributed by atoms with Crippen molar-refractivity contribution in [3.8, 4) is 11.5 Å². The summed E-state index contributed by atoms with van der Waals surface area (Å²) in [5.74, 6) is 1.60. The number of aryl methyl sites for hydroxylation is 1. The van der Waals surface area contributed by atoms with Gasteiger partial charge in [0.1, 0.15) is 11.5 Å². The van der Waals surface area contributed by atoms with Crippen molar-refractivity contribution in [1.29, 1.82) is 0 Å². The summed E-state index contributed by atoms with van der Waals surface area (Å²) in [7, 11) is 0. The number of ether oxygens (including phenoxy) is 1. The van der Waals surface area contributed by atoms with Gasteiger partial charge in [0.05, 0.1) is 12.4 Å². The van der Waals surface area contributed by atoms with Crippen LogP contribution in [0.3, 0.4) is 0 Å². The lowest BCUT2D eigenvalue weighted by Crippen LogP contribution is -2.11. The van der Waals surface area contributed by atoms with Crippen LogP contribution in [0.1, 0.15) is 25.0 Å². The standard InChI is InChI=1S/C20H21ClN2O2/c1-15(10-12-23-13-11-22-14-23)20(24)16-2-6-18(7-3-16)25-19-8-4-17(21)5-9-19/h2-9,11,13-15,20,24H,10,12H2,1H3. The Hall–Kier alpha value is -2.30. The van der Waals surface area contributed by atoms with Crippen LogP contribution < -0.4 is 4.74 Å². The Balaban J connectivity index is 1.57. The molecule has 0 spiro atoms. The number of nitrogens with zero attached hydrogens (tertiary/aromatic N) is 2. The first kappa shape index (κ1) is 17.5. The molecule has 25 heavy (non-hydrogen) atoms. The minimum absolute atomic E-state index is 0.144. The van der Waals surface area contributed by atoms with Crippen molar-refractivity contribution in [2.45, 2.75) is 26.0 Å². The summed E-state index contributed by atoms with van der Waals surface area (Å²) in [6.45, 7) is 2.90. The largest absolute Gasteiger partial charge is 0.457 e. The van der Waals surface area contributed by atoms with Gasteiger partial charge in [-0.2, -0.15) is 0 Å². The third-order valence-corrected chi connectivity index (χ3v) is 4.46. The quantitative estimate of drug-likeness (QED) is 0.641. The Morgan fingerprint density at radius 3 is 2.32 bits per heavy atom. The van der Waals surface area contributed by atoms with Crippen LogP contribution in [0.2, 0.25) is 5.02 Å². The van der Waals surface area contributed by atoms with Crippen LogP contribution >= 0.6 is 11.6 Å². The zero-order valence-electron chi connectivity index (χ0n) is 14.0. The van der Waals surface area contributed by atoms with Gasteiger partial charge in [-0.1, -0.05) is 30.7 Å². The predicted octanol–water partition coefficient (Wildman–Crippen LogP) is 5.09. The van der Waals surface area contributed by atoms with Gasteiger partial charge in [0.15, 0.2) is 0 Å². The van der Waals surface area contributed by atoms with Crippen molar-refractivity contribution in [2.75, 3.05) is 0 Å². The fourth-order valence-corrected chi connectivity index (χ4v) is 2.76. The molecule has 1 heterocycles. The van der Waals surface area contributed by atoms with E-state index in [1.54, 1.807) is 24.7 Å². The molecule has 0 fully saturated rings. The molecule has 0 saturated carbocycles. The zero-order valence-corrected chi connectivity index (χ0v) is 14.8. The second-order valence-corrected chi connectivity index (χ2v) is 6.57. The molecule has 0 aliphatic carbocycles. The molecule has 4 nitrogen and oxygen atoms in total. The SMILES string of the molecule is CC(CCn1ccnc1)C(O)c1ccc(Oc2ccc(Cl)cc2)cc1. The highest BCUT2D eigenvalue weighted by Gasteiger charge is 2.16. The number of hydrogen-bond donors (Lipinski definition) is 1. The van der Waals surface area contributed by atoms with Crippen molar-refractivity contribution in [3.05, 3.63) is 77.8 Å². The predicted molar refractivity (Wildman–Crippen MR) is 98.9 cm³/mol. The van der Waals surface area contributed by atoms with E-state index in [0.29, 0.717) is 5.02 Å². The summed E-state index contributed by atoms with van der Waals surface area (Å²) in [4.78, 5) is 4.03. The molecule has 5 heteroatoms. The Bertz CT molecular complexity index is 770. The summed E-state index contributed by atoms with van der Waals surface area (Å²) in [6, 6.07) is 14.8. The number of hydrogen-bond acceptors (Lipinski definition) is 3. The van der Waals surface area contributed by atoms with E-state index in [0.717, 1.165) is 30.0 Å². The molecule has 1 N–H and O–H groups in total. The summed E-state index contributed by atoms with van der Waals surface area (Å²) in [6.07, 6.45) is 5.86. The summed E-state index contributed by atoms with van der Waals surface area (Å²) in [5.41, 5.74) is 0.890. The van der Waals surface area contributed by atoms with Gasteiger partial charge in [0.2, 0.25) is 0 Å². The van der Waals surface area contributed by atoms with E-state index in [9.17, 15) is 5.11 Å². The molecule has 0 aliphatic rings. The van der Waals surface area contributed by atoms with Gasteiger partial charge in [-0.3, -0.25) is 0 Å². The van der Waals surface area contributed by atoms with Gasteiger partial charge in [0, 0.05) is 24.0 Å². The van der Waals surface area contributed by atoms with Crippen molar-refractivity contribution in [3.63, 3.8) is 0 Å². The Morgan fingerprint density at radius 2 is 1.72 bits per heavy atom. The van der Waals surface area contributed by atoms with Crippen molar-refractivity contribution >= 4 is 11.6 Å². The van der Waals surface area contributed by atoms with Gasteiger partial charge in [-0.05, 0) is 54.3 Å². The number of aromatic nitrogens is 2. The molecule has 0 aliphatic heterocycles. The minimum atomic E-state index is -0.506. The first-order chi connectivity index (χ1) is 12.1. The highest BCUT2D eigenvalue weighted by Crippen LogP contribution is 2.28. The molecule has 0 amide bonds. The summed E-state index contributed by atoms with van der Waals surface area (Å²) >= 11 is 5.87. The third kappa shape index (κ3) is 4.84. The van der Waals surface area contributed by atoms with E-state index >= 15 is 0 Å². The highest BCUT2D eigenvalue weighted by molar-refractivity contribution is 6.30. The average molecular weight is 357 g/mol. The zero-order chi connectivity index (χ0) is 17.6. The number of imidazole rings is 1. The van der Waals surface area contributed by atoms with Crippen LogP contribution in [0.25, 0.3) is 0 Å². The Morgan fingerprint density at radius 1 is 1.08 bits per heavy atom. The minimum Gasteiger partial charge on any atom is -0.457 e. The fraction of sp³-hybridized carbons (Fsp3) is 0.250. The highest BCUT2D eigenvalue weighted by atomic mass is 35.5. The van der Waals surface area contributed by atoms with Crippen molar-refractivity contribution < 1.29 is 9.84 Å². The molecular formula is C20H21ClN2O2. The van der Waals surface area contributed by atoms with Crippen LogP contribution in [0.4, 0.5) is 0 Å². The van der Waals surface area contributed by atoms with E-state index in [4.69, 9.17) is 16.3 Å². The average Bonchev–Trinajstić information content (AvgIpc) is 3.15. The molecule has 3 rings (SSSR count). The fourth-order valence-electron chi connectivity index (χ4n) is 2.63. The van der Waals surface area contributed by atoms with Crippen LogP contribution in [-0.4, -0.2) is 14.7 Å². The normalized spacial score (nSPS) is 13.4. The lowest BCUT2D eigenvalue weighted by Gasteiger charge is -2.19. The van der Waals surface area contributed by atoms with Gasteiger partial charge in [0.25, 0.3) is 0 Å². The molecule has 130 valence electrons. The second-order valence-electron chi connectivity index (χ2n) is 6.14. The molecule has 0 saturated heterocycles. The van der Waals surface area contributed by atoms with Crippen LogP contribution in [-0.2, 0) is 6.54 Å². The number of halogens is 1. The maximum Gasteiger partial charge on any atom is 0.127 e. The first-order valence-electron chi connectivity index (χ1n) is 8.29. The molecule has 2 unspecified atom stereocenters. The smallest absolute Gasteiger partial charge is 0.127 e. The van der Waals surface area contributed by atoms with Crippen molar-refractivity contribution in [1.82, 2.24) is 9.55 Å². The van der Waals surface area contributed by atoms with E-state index in [1.165, 1.54) is 0 Å². The van der Waals surface area contributed by atoms with Gasteiger partial charge in [-0.15, -0.1) is 0 Å². The summed E-state index contributed by atoms with van der Waals surface area (Å²) in [5, 5.41) is 11.2. The first-order valence-corrected chi connectivity index (χ1v) is 8.67. The number of rotatable bonds is 7. The second kappa shape index (κ2) is 8.19. The molecule has 2 aromatic carbocycles. The maximum absolute atomic E-state index is 10.5. The maximum atomic E-state index is 10.5. The van der Waals surface area contributed by atoms with Crippen LogP contribution in [0, 0.1) is 5.92 Å². The molecule has 2 atom stereocenters. The lowest BCUT2D eigenvalue weighted by molar-refractivity contribution is 0.110. The van der Waals surface area contributed by atoms with E-state index in [2.05, 4.69) is 11.9 Å². The van der Waals surface area contributed by atoms with Crippen LogP contribution in [0.15, 0.2) is 67.3 Å². The summed E-state index contributed by atoms with van der Waals surface area (Å²) < 4.78 is 7.79. The van der Waals surface area contributed by atoms with E-state index in [-0.39, 0.29) is 5.92 Å². The monoisotopic (exact) mass is 356 g/mol. The van der Waals surface area contributed by atoms with E-state index < -0.39 is 6.10 Å². The topological polar surface area (TPSA) is 47.3 Å².